The first-order valence-electron chi connectivity index (χ1n) is 6.72. The van der Waals surface area contributed by atoms with Gasteiger partial charge in [-0.1, -0.05) is 24.3 Å². The van der Waals surface area contributed by atoms with Crippen molar-refractivity contribution in [1.29, 1.82) is 0 Å². The molecule has 1 saturated heterocycles. The molecule has 0 radical (unpaired) electrons. The van der Waals surface area contributed by atoms with Crippen LogP contribution in [0.5, 0.6) is 0 Å². The maximum atomic E-state index is 6.53. The molecule has 1 atom stereocenters. The van der Waals surface area contributed by atoms with E-state index in [0.29, 0.717) is 6.10 Å². The first-order valence-corrected chi connectivity index (χ1v) is 6.72. The van der Waals surface area contributed by atoms with Crippen LogP contribution in [0.3, 0.4) is 0 Å². The second-order valence-corrected chi connectivity index (χ2v) is 5.66. The number of hydrogen-bond acceptors (Lipinski definition) is 2. The minimum Gasteiger partial charge on any atom is -0.378 e. The van der Waals surface area contributed by atoms with Crippen molar-refractivity contribution in [3.63, 3.8) is 0 Å². The summed E-state index contributed by atoms with van der Waals surface area (Å²) in [5, 5.41) is 0. The maximum Gasteiger partial charge on any atom is 0.0576 e. The molecule has 0 bridgehead atoms. The lowest BCUT2D eigenvalue weighted by Gasteiger charge is -2.25. The highest BCUT2D eigenvalue weighted by atomic mass is 16.5. The molecule has 2 N–H and O–H groups in total. The van der Waals surface area contributed by atoms with Crippen LogP contribution in [0.2, 0.25) is 0 Å². The molecule has 2 heteroatoms. The van der Waals surface area contributed by atoms with Crippen molar-refractivity contribution < 1.29 is 4.74 Å². The lowest BCUT2D eigenvalue weighted by Crippen LogP contribution is -2.41. The largest absolute Gasteiger partial charge is 0.378 e. The number of benzene rings is 1. The van der Waals surface area contributed by atoms with Gasteiger partial charge in [0.25, 0.3) is 0 Å². The van der Waals surface area contributed by atoms with Crippen LogP contribution in [0.15, 0.2) is 24.3 Å². The average Bonchev–Trinajstić information content (AvgIpc) is 2.92. The molecule has 0 amide bonds. The molecule has 1 unspecified atom stereocenters. The summed E-state index contributed by atoms with van der Waals surface area (Å²) in [6.07, 6.45) is 7.22. The summed E-state index contributed by atoms with van der Waals surface area (Å²) < 4.78 is 5.68. The summed E-state index contributed by atoms with van der Waals surface area (Å²) in [7, 11) is 0. The highest BCUT2D eigenvalue weighted by Gasteiger charge is 2.33. The van der Waals surface area contributed by atoms with Gasteiger partial charge in [-0.25, -0.2) is 0 Å². The van der Waals surface area contributed by atoms with Crippen molar-refractivity contribution in [2.24, 2.45) is 5.73 Å². The van der Waals surface area contributed by atoms with Crippen LogP contribution in [0, 0.1) is 0 Å². The Morgan fingerprint density at radius 2 is 1.94 bits per heavy atom. The van der Waals surface area contributed by atoms with Gasteiger partial charge in [0.05, 0.1) is 6.10 Å². The Hall–Kier alpha value is -0.860. The summed E-state index contributed by atoms with van der Waals surface area (Å²) in [5.74, 6) is 0. The summed E-state index contributed by atoms with van der Waals surface area (Å²) in [6, 6.07) is 8.67. The molecular weight excluding hydrogens is 210 g/mol. The third kappa shape index (κ3) is 2.38. The Labute approximate surface area is 103 Å². The molecule has 0 aromatic heterocycles. The lowest BCUT2D eigenvalue weighted by atomic mass is 9.89. The van der Waals surface area contributed by atoms with Crippen LogP contribution < -0.4 is 5.73 Å². The molecule has 1 aromatic carbocycles. The fraction of sp³-hybridized carbons (Fsp3) is 0.600. The molecular formula is C15H21NO. The summed E-state index contributed by atoms with van der Waals surface area (Å²) in [6.45, 7) is 0.947. The number of nitrogens with two attached hydrogens (primary N) is 1. The van der Waals surface area contributed by atoms with Crippen LogP contribution in [-0.2, 0) is 17.6 Å². The first kappa shape index (κ1) is 11.2. The Bertz CT molecular complexity index is 371. The Morgan fingerprint density at radius 3 is 2.53 bits per heavy atom. The Balaban J connectivity index is 1.61. The zero-order valence-corrected chi connectivity index (χ0v) is 10.3. The van der Waals surface area contributed by atoms with E-state index in [1.54, 1.807) is 0 Å². The quantitative estimate of drug-likeness (QED) is 0.867. The Morgan fingerprint density at radius 1 is 1.24 bits per heavy atom. The normalized spacial score (nSPS) is 26.1. The molecule has 0 saturated carbocycles. The van der Waals surface area contributed by atoms with Crippen molar-refractivity contribution in [1.82, 2.24) is 0 Å². The minimum atomic E-state index is -0.0182. The highest BCUT2D eigenvalue weighted by molar-refractivity contribution is 5.35. The van der Waals surface area contributed by atoms with Crippen molar-refractivity contribution in [3.05, 3.63) is 35.4 Å². The van der Waals surface area contributed by atoms with Gasteiger partial charge in [0.15, 0.2) is 0 Å². The van der Waals surface area contributed by atoms with Gasteiger partial charge in [0.2, 0.25) is 0 Å². The van der Waals surface area contributed by atoms with E-state index >= 15 is 0 Å². The predicted octanol–water partition coefficient (Wildman–Crippen LogP) is 2.44. The zero-order valence-electron chi connectivity index (χ0n) is 10.3. The fourth-order valence-corrected chi connectivity index (χ4v) is 3.22. The van der Waals surface area contributed by atoms with E-state index < -0.39 is 0 Å². The SMILES string of the molecule is NC1(CCC2CCCO2)Cc2ccccc2C1. The average molecular weight is 231 g/mol. The van der Waals surface area contributed by atoms with Crippen molar-refractivity contribution >= 4 is 0 Å². The number of hydrogen-bond donors (Lipinski definition) is 1. The second-order valence-electron chi connectivity index (χ2n) is 5.66. The topological polar surface area (TPSA) is 35.2 Å². The van der Waals surface area contributed by atoms with E-state index in [0.717, 1.165) is 32.3 Å². The third-order valence-electron chi connectivity index (χ3n) is 4.19. The molecule has 1 fully saturated rings. The van der Waals surface area contributed by atoms with Crippen molar-refractivity contribution in [3.8, 4) is 0 Å². The number of rotatable bonds is 3. The summed E-state index contributed by atoms with van der Waals surface area (Å²) in [4.78, 5) is 0. The molecule has 0 spiro atoms. The van der Waals surface area contributed by atoms with Crippen molar-refractivity contribution in [2.75, 3.05) is 6.61 Å². The second kappa shape index (κ2) is 4.43. The van der Waals surface area contributed by atoms with E-state index in [1.165, 1.54) is 24.0 Å². The van der Waals surface area contributed by atoms with Gasteiger partial charge in [-0.2, -0.15) is 0 Å². The minimum absolute atomic E-state index is 0.0182. The zero-order chi connectivity index (χ0) is 11.7. The number of fused-ring (bicyclic) bond motifs is 1. The predicted molar refractivity (Wildman–Crippen MR) is 69.0 cm³/mol. The monoisotopic (exact) mass is 231 g/mol. The summed E-state index contributed by atoms with van der Waals surface area (Å²) in [5.41, 5.74) is 9.41. The molecule has 2 aliphatic rings. The molecule has 92 valence electrons. The summed E-state index contributed by atoms with van der Waals surface area (Å²) >= 11 is 0. The fourth-order valence-electron chi connectivity index (χ4n) is 3.22. The van der Waals surface area contributed by atoms with Crippen LogP contribution in [-0.4, -0.2) is 18.2 Å². The highest BCUT2D eigenvalue weighted by Crippen LogP contribution is 2.32. The van der Waals surface area contributed by atoms with Gasteiger partial charge in [-0.15, -0.1) is 0 Å². The van der Waals surface area contributed by atoms with Gasteiger partial charge in [-0.3, -0.25) is 0 Å². The maximum absolute atomic E-state index is 6.53. The molecule has 17 heavy (non-hydrogen) atoms. The van der Waals surface area contributed by atoms with Gasteiger partial charge < -0.3 is 10.5 Å². The molecule has 1 heterocycles. The van der Waals surface area contributed by atoms with E-state index in [4.69, 9.17) is 10.5 Å². The standard InChI is InChI=1S/C15H21NO/c16-15(8-7-14-6-3-9-17-14)10-12-4-1-2-5-13(12)11-15/h1-2,4-5,14H,3,6-11,16H2. The third-order valence-corrected chi connectivity index (χ3v) is 4.19. The van der Waals surface area contributed by atoms with Crippen molar-refractivity contribution in [2.45, 2.75) is 50.2 Å². The van der Waals surface area contributed by atoms with Crippen LogP contribution in [0.25, 0.3) is 0 Å². The van der Waals surface area contributed by atoms with Gasteiger partial charge >= 0.3 is 0 Å². The van der Waals surface area contributed by atoms with E-state index in [9.17, 15) is 0 Å². The number of ether oxygens (including phenoxy) is 1. The van der Waals surface area contributed by atoms with Gasteiger partial charge in [-0.05, 0) is 49.7 Å². The first-order chi connectivity index (χ1) is 8.25. The molecule has 2 nitrogen and oxygen atoms in total. The van der Waals surface area contributed by atoms with E-state index in [1.807, 2.05) is 0 Å². The molecule has 1 aliphatic heterocycles. The van der Waals surface area contributed by atoms with E-state index in [2.05, 4.69) is 24.3 Å². The molecule has 1 aliphatic carbocycles. The van der Waals surface area contributed by atoms with Crippen LogP contribution >= 0.6 is 0 Å². The lowest BCUT2D eigenvalue weighted by molar-refractivity contribution is 0.0963. The van der Waals surface area contributed by atoms with Crippen LogP contribution in [0.4, 0.5) is 0 Å². The Kier molecular flexibility index (Phi) is 2.93. The van der Waals surface area contributed by atoms with E-state index in [-0.39, 0.29) is 5.54 Å². The van der Waals surface area contributed by atoms with Gasteiger partial charge in [0.1, 0.15) is 0 Å². The smallest absolute Gasteiger partial charge is 0.0576 e. The molecule has 3 rings (SSSR count). The van der Waals surface area contributed by atoms with Crippen LogP contribution in [0.1, 0.15) is 36.8 Å². The van der Waals surface area contributed by atoms with Gasteiger partial charge in [0, 0.05) is 12.1 Å². The molecule has 1 aromatic rings.